The van der Waals surface area contributed by atoms with Gasteiger partial charge in [-0.15, -0.1) is 16.4 Å². The lowest BCUT2D eigenvalue weighted by atomic mass is 9.72. The predicted octanol–water partition coefficient (Wildman–Crippen LogP) is 4.22. The Morgan fingerprint density at radius 2 is 2.03 bits per heavy atom. The van der Waals surface area contributed by atoms with Crippen molar-refractivity contribution in [1.29, 1.82) is 0 Å². The summed E-state index contributed by atoms with van der Waals surface area (Å²) in [4.78, 5) is 28.3. The van der Waals surface area contributed by atoms with Crippen molar-refractivity contribution >= 4 is 33.1 Å². The number of carbonyl (C=O) groups excluding carboxylic acids is 1. The van der Waals surface area contributed by atoms with Gasteiger partial charge >= 0.3 is 0 Å². The van der Waals surface area contributed by atoms with E-state index in [-0.39, 0.29) is 11.0 Å². The molecule has 1 N–H and O–H groups in total. The number of amides is 1. The molecule has 4 rings (SSSR count). The third-order valence-electron chi connectivity index (χ3n) is 6.54. The standard InChI is InChI=1S/C24H30N4O4S/c1-13(21(29)25-17-12-15(31-5)8-10-18(17)32-6)28-23(30)20-16-9-7-14(24(2,3)4)11-19(16)33-22(20)26-27-28/h8,10,12-14H,7,9,11H2,1-6H3,(H,25,29). The molecule has 1 aliphatic carbocycles. The number of methoxy groups -OCH3 is 2. The first-order chi connectivity index (χ1) is 15.6. The Hall–Kier alpha value is -2.94. The third-order valence-corrected chi connectivity index (χ3v) is 7.67. The molecule has 0 saturated heterocycles. The van der Waals surface area contributed by atoms with E-state index >= 15 is 0 Å². The Morgan fingerprint density at radius 3 is 2.70 bits per heavy atom. The van der Waals surface area contributed by atoms with Crippen LogP contribution >= 0.6 is 11.3 Å². The van der Waals surface area contributed by atoms with Crippen molar-refractivity contribution in [3.05, 3.63) is 39.0 Å². The van der Waals surface area contributed by atoms with Gasteiger partial charge in [-0.2, -0.15) is 4.68 Å². The van der Waals surface area contributed by atoms with Crippen LogP contribution in [-0.4, -0.2) is 35.1 Å². The summed E-state index contributed by atoms with van der Waals surface area (Å²) >= 11 is 1.56. The highest BCUT2D eigenvalue weighted by molar-refractivity contribution is 7.18. The number of fused-ring (bicyclic) bond motifs is 3. The number of aryl methyl sites for hydroxylation is 1. The van der Waals surface area contributed by atoms with Gasteiger partial charge < -0.3 is 14.8 Å². The number of anilines is 1. The number of nitrogens with zero attached hydrogens (tertiary/aromatic N) is 3. The van der Waals surface area contributed by atoms with Crippen LogP contribution in [0, 0.1) is 11.3 Å². The van der Waals surface area contributed by atoms with Crippen LogP contribution < -0.4 is 20.3 Å². The monoisotopic (exact) mass is 470 g/mol. The summed E-state index contributed by atoms with van der Waals surface area (Å²) in [6.45, 7) is 8.43. The number of aromatic nitrogens is 3. The Balaban J connectivity index is 1.65. The van der Waals surface area contributed by atoms with Gasteiger partial charge in [0.05, 0.1) is 25.3 Å². The fourth-order valence-corrected chi connectivity index (χ4v) is 5.59. The van der Waals surface area contributed by atoms with Crippen molar-refractivity contribution in [2.45, 2.75) is 53.0 Å². The molecule has 9 heteroatoms. The zero-order valence-electron chi connectivity index (χ0n) is 19.9. The van der Waals surface area contributed by atoms with Crippen LogP contribution in [0.1, 0.15) is 50.6 Å². The minimum atomic E-state index is -0.855. The number of carbonyl (C=O) groups is 1. The molecule has 176 valence electrons. The Morgan fingerprint density at radius 1 is 1.27 bits per heavy atom. The molecule has 1 aliphatic rings. The first-order valence-electron chi connectivity index (χ1n) is 11.1. The predicted molar refractivity (Wildman–Crippen MR) is 130 cm³/mol. The van der Waals surface area contributed by atoms with Gasteiger partial charge in [-0.1, -0.05) is 26.0 Å². The van der Waals surface area contributed by atoms with Gasteiger partial charge in [0.25, 0.3) is 5.56 Å². The summed E-state index contributed by atoms with van der Waals surface area (Å²) in [6.07, 6.45) is 2.83. The number of hydrogen-bond acceptors (Lipinski definition) is 7. The highest BCUT2D eigenvalue weighted by Crippen LogP contribution is 2.42. The van der Waals surface area contributed by atoms with Crippen LogP contribution in [0.25, 0.3) is 10.2 Å². The zero-order chi connectivity index (χ0) is 23.9. The van der Waals surface area contributed by atoms with E-state index in [0.29, 0.717) is 33.3 Å². The average Bonchev–Trinajstić information content (AvgIpc) is 3.16. The van der Waals surface area contributed by atoms with Crippen LogP contribution in [0.5, 0.6) is 11.5 Å². The molecule has 2 unspecified atom stereocenters. The van der Waals surface area contributed by atoms with Gasteiger partial charge in [0.2, 0.25) is 5.91 Å². The molecule has 2 aromatic heterocycles. The van der Waals surface area contributed by atoms with E-state index in [1.54, 1.807) is 43.6 Å². The molecule has 2 heterocycles. The van der Waals surface area contributed by atoms with Crippen molar-refractivity contribution in [2.75, 3.05) is 19.5 Å². The van der Waals surface area contributed by atoms with Gasteiger partial charge in [0.1, 0.15) is 17.5 Å². The fraction of sp³-hybridized carbons (Fsp3) is 0.500. The molecule has 0 aliphatic heterocycles. The van der Waals surface area contributed by atoms with Crippen LogP contribution in [0.3, 0.4) is 0 Å². The number of nitrogens with one attached hydrogen (secondary N) is 1. The number of ether oxygens (including phenoxy) is 2. The van der Waals surface area contributed by atoms with E-state index in [2.05, 4.69) is 36.4 Å². The van der Waals surface area contributed by atoms with Crippen molar-refractivity contribution < 1.29 is 14.3 Å². The van der Waals surface area contributed by atoms with E-state index in [1.807, 2.05) is 0 Å². The highest BCUT2D eigenvalue weighted by atomic mass is 32.1. The van der Waals surface area contributed by atoms with E-state index in [4.69, 9.17) is 9.47 Å². The minimum absolute atomic E-state index is 0.216. The summed E-state index contributed by atoms with van der Waals surface area (Å²) in [6, 6.07) is 4.26. The highest BCUT2D eigenvalue weighted by Gasteiger charge is 2.32. The van der Waals surface area contributed by atoms with Crippen LogP contribution in [0.4, 0.5) is 5.69 Å². The normalized spacial score (nSPS) is 16.8. The lowest BCUT2D eigenvalue weighted by molar-refractivity contribution is -0.119. The molecule has 0 fully saturated rings. The topological polar surface area (TPSA) is 95.3 Å². The molecule has 0 saturated carbocycles. The second-order valence-corrected chi connectivity index (χ2v) is 10.6. The second-order valence-electron chi connectivity index (χ2n) is 9.56. The smallest absolute Gasteiger partial charge is 0.279 e. The third kappa shape index (κ3) is 4.34. The molecule has 3 aromatic rings. The van der Waals surface area contributed by atoms with Gasteiger partial charge in [-0.3, -0.25) is 9.59 Å². The first kappa shape index (κ1) is 23.2. The van der Waals surface area contributed by atoms with Gasteiger partial charge in [0.15, 0.2) is 4.83 Å². The largest absolute Gasteiger partial charge is 0.497 e. The van der Waals surface area contributed by atoms with E-state index in [9.17, 15) is 9.59 Å². The molecule has 0 bridgehead atoms. The van der Waals surface area contributed by atoms with Crippen LogP contribution in [-0.2, 0) is 17.6 Å². The number of benzene rings is 1. The molecule has 1 aromatic carbocycles. The van der Waals surface area contributed by atoms with Crippen LogP contribution in [0.2, 0.25) is 0 Å². The zero-order valence-corrected chi connectivity index (χ0v) is 20.7. The first-order valence-corrected chi connectivity index (χ1v) is 11.9. The maximum atomic E-state index is 13.4. The van der Waals surface area contributed by atoms with Crippen molar-refractivity contribution in [2.24, 2.45) is 11.3 Å². The molecule has 1 amide bonds. The molecule has 0 radical (unpaired) electrons. The number of hydrogen-bond donors (Lipinski definition) is 1. The molecular weight excluding hydrogens is 440 g/mol. The number of rotatable bonds is 5. The molecule has 33 heavy (non-hydrogen) atoms. The second kappa shape index (κ2) is 8.78. The molecule has 2 atom stereocenters. The Kier molecular flexibility index (Phi) is 6.18. The van der Waals surface area contributed by atoms with Crippen molar-refractivity contribution in [1.82, 2.24) is 15.0 Å². The van der Waals surface area contributed by atoms with Gasteiger partial charge in [-0.25, -0.2) is 0 Å². The lowest BCUT2D eigenvalue weighted by Gasteiger charge is -2.33. The summed E-state index contributed by atoms with van der Waals surface area (Å²) in [5.74, 6) is 1.24. The Bertz CT molecular complexity index is 1260. The summed E-state index contributed by atoms with van der Waals surface area (Å²) in [5.41, 5.74) is 1.48. The Labute approximate surface area is 196 Å². The van der Waals surface area contributed by atoms with Crippen molar-refractivity contribution in [3.8, 4) is 11.5 Å². The SMILES string of the molecule is COc1ccc(OC)c(NC(=O)C(C)n2nnc3sc4c(c3c2=O)CCC(C(C)(C)C)C4)c1. The van der Waals surface area contributed by atoms with E-state index in [0.717, 1.165) is 24.8 Å². The summed E-state index contributed by atoms with van der Waals surface area (Å²) in [5, 5.41) is 11.8. The molecular formula is C24H30N4O4S. The van der Waals surface area contributed by atoms with E-state index in [1.165, 1.54) is 16.7 Å². The maximum absolute atomic E-state index is 13.4. The number of thiophene rings is 1. The quantitative estimate of drug-likeness (QED) is 0.600. The van der Waals surface area contributed by atoms with Crippen LogP contribution in [0.15, 0.2) is 23.0 Å². The lowest BCUT2D eigenvalue weighted by Crippen LogP contribution is -2.34. The molecule has 8 nitrogen and oxygen atoms in total. The molecule has 0 spiro atoms. The van der Waals surface area contributed by atoms with Gasteiger partial charge in [-0.05, 0) is 55.2 Å². The fourth-order valence-electron chi connectivity index (χ4n) is 4.36. The van der Waals surface area contributed by atoms with Gasteiger partial charge in [0, 0.05) is 10.9 Å². The van der Waals surface area contributed by atoms with Crippen molar-refractivity contribution in [3.63, 3.8) is 0 Å². The maximum Gasteiger partial charge on any atom is 0.279 e. The average molecular weight is 471 g/mol. The minimum Gasteiger partial charge on any atom is -0.497 e. The summed E-state index contributed by atoms with van der Waals surface area (Å²) < 4.78 is 11.7. The van der Waals surface area contributed by atoms with E-state index < -0.39 is 11.9 Å². The summed E-state index contributed by atoms with van der Waals surface area (Å²) in [7, 11) is 3.07.